The zero-order valence-electron chi connectivity index (χ0n) is 5.85. The van der Waals surface area contributed by atoms with Gasteiger partial charge in [0, 0.05) is 0 Å². The molecule has 0 heterocycles. The summed E-state index contributed by atoms with van der Waals surface area (Å²) in [7, 11) is 0. The lowest BCUT2D eigenvalue weighted by molar-refractivity contribution is 0.179. The Morgan fingerprint density at radius 3 is 0.929 bits per heavy atom. The molecule has 0 bridgehead atoms. The second-order valence-electron chi connectivity index (χ2n) is 2.19. The molecule has 0 rings (SSSR count). The van der Waals surface area contributed by atoms with Crippen LogP contribution >= 0.6 is 203 Å². The third kappa shape index (κ3) is 5.06. The minimum atomic E-state index is -0.801. The topological polar surface area (TPSA) is 20.2 Å². The summed E-state index contributed by atoms with van der Waals surface area (Å²) in [6, 6.07) is 0. The summed E-state index contributed by atoms with van der Waals surface area (Å²) < 4.78 is -1.36. The van der Waals surface area contributed by atoms with Gasteiger partial charge in [-0.05, 0) is 22.6 Å². The number of alkyl halides is 9. The Bertz CT molecular complexity index is 186. The van der Waals surface area contributed by atoms with Crippen LogP contribution in [0.25, 0.3) is 0 Å². The van der Waals surface area contributed by atoms with Crippen LogP contribution in [0.3, 0.4) is 0 Å². The van der Waals surface area contributed by atoms with Gasteiger partial charge in [0.15, 0.2) is 2.48 Å². The van der Waals surface area contributed by atoms with Crippen LogP contribution in [-0.4, -0.2) is 9.01 Å². The third-order valence-electron chi connectivity index (χ3n) is 1.15. The molecule has 0 amide bonds. The molecule has 0 aromatic heterocycles. The van der Waals surface area contributed by atoms with Crippen LogP contribution in [0.5, 0.6) is 0 Å². The Morgan fingerprint density at radius 2 is 0.857 bits per heavy atom. The quantitative estimate of drug-likeness (QED) is 0.250. The van der Waals surface area contributed by atoms with Gasteiger partial charge in [0.2, 0.25) is 0 Å². The van der Waals surface area contributed by atoms with Gasteiger partial charge in [-0.2, -0.15) is 0 Å². The molecule has 0 fully saturated rings. The van der Waals surface area contributed by atoms with Crippen molar-refractivity contribution in [2.45, 2.75) is 3.91 Å². The van der Waals surface area contributed by atoms with Gasteiger partial charge < -0.3 is 5.11 Å². The van der Waals surface area contributed by atoms with Crippen molar-refractivity contribution in [3.05, 3.63) is 0 Å². The lowest BCUT2D eigenvalue weighted by Gasteiger charge is -2.45. The van der Waals surface area contributed by atoms with Gasteiger partial charge in [-0.25, -0.2) is 0 Å². The second-order valence-corrected chi connectivity index (χ2v) is 31.1. The zero-order valence-corrected chi connectivity index (χ0v) is 25.3. The van der Waals surface area contributed by atoms with Gasteiger partial charge in [-0.3, -0.25) is 0 Å². The van der Waals surface area contributed by atoms with E-state index in [0.29, 0.717) is 0 Å². The van der Waals surface area contributed by atoms with E-state index in [4.69, 9.17) is 0 Å². The zero-order chi connectivity index (χ0) is 12.0. The molecule has 1 nitrogen and oxygen atoms in total. The van der Waals surface area contributed by atoms with Gasteiger partial charge in [-0.1, -0.05) is 181 Å². The van der Waals surface area contributed by atoms with Crippen molar-refractivity contribution in [2.75, 3.05) is 0 Å². The summed E-state index contributed by atoms with van der Waals surface area (Å²) in [5, 5.41) is 10.6. The molecule has 0 spiro atoms. The largest absolute Gasteiger partial charge is 0.374 e. The fourth-order valence-electron chi connectivity index (χ4n) is 0.366. The third-order valence-corrected chi connectivity index (χ3v) is 22.1. The van der Waals surface area contributed by atoms with E-state index in [1.54, 1.807) is 0 Å². The number of halogens is 9. The van der Waals surface area contributed by atoms with Crippen molar-refractivity contribution in [1.82, 2.24) is 0 Å². The highest BCUT2D eigenvalue weighted by Crippen LogP contribution is 2.67. The van der Waals surface area contributed by atoms with E-state index >= 15 is 0 Å². The van der Waals surface area contributed by atoms with Crippen molar-refractivity contribution in [3.63, 3.8) is 0 Å². The molecule has 0 aromatic carbocycles. The van der Waals surface area contributed by atoms with Gasteiger partial charge in [0.05, 0.1) is 0 Å². The first-order valence-electron chi connectivity index (χ1n) is 2.67. The van der Waals surface area contributed by atoms with Crippen LogP contribution in [0, 0.1) is 0 Å². The Morgan fingerprint density at radius 1 is 0.571 bits per heavy atom. The van der Waals surface area contributed by atoms with E-state index in [-0.39, 0.29) is 0.299 Å². The Hall–Kier alpha value is 6.53. The highest BCUT2D eigenvalue weighted by Gasteiger charge is 2.63. The molecule has 1 unspecified atom stereocenters. The smallest absolute Gasteiger partial charge is 0.174 e. The fraction of sp³-hybridized carbons (Fsp3) is 1.00. The lowest BCUT2D eigenvalue weighted by atomic mass is 10.3. The molecule has 0 saturated carbocycles. The number of hydrogen-bond acceptors (Lipinski definition) is 1. The first-order chi connectivity index (χ1) is 5.75. The summed E-state index contributed by atoms with van der Waals surface area (Å²) >= 11 is 20.8. The monoisotopic (exact) mass is 1210 g/mol. The lowest BCUT2D eigenvalue weighted by Crippen LogP contribution is -2.55. The summed E-state index contributed by atoms with van der Waals surface area (Å²) in [5.41, 5.74) is 0. The van der Waals surface area contributed by atoms with Crippen LogP contribution in [0.4, 0.5) is 0 Å². The highest BCUT2D eigenvalue weighted by molar-refractivity contribution is 14.3. The minimum Gasteiger partial charge on any atom is -0.374 e. The molecule has 0 radical (unpaired) electrons. The maximum atomic E-state index is 10.6. The highest BCUT2D eigenvalue weighted by atomic mass is 127. The molecule has 14 heavy (non-hydrogen) atoms. The summed E-state index contributed by atoms with van der Waals surface area (Å²) in [5.74, 6) is 0. The standard InChI is InChI=1S/C4HI9O/c5-1(6,3(8,9)10)2(7,14)4(11,12)13/h14H. The Kier molecular flexibility index (Phi) is 10.6. The molecule has 0 aliphatic carbocycles. The second kappa shape index (κ2) is 7.19. The van der Waals surface area contributed by atoms with Crippen molar-refractivity contribution in [2.24, 2.45) is 0 Å². The number of rotatable bonds is 3. The summed E-state index contributed by atoms with van der Waals surface area (Å²) in [6.07, 6.45) is 0. The molecule has 1 N–H and O–H groups in total. The van der Waals surface area contributed by atoms with Crippen LogP contribution < -0.4 is 0 Å². The fourth-order valence-corrected chi connectivity index (χ4v) is 8.61. The van der Waals surface area contributed by atoms with E-state index in [0.717, 1.165) is 0 Å². The Balaban J connectivity index is 5.30. The van der Waals surface area contributed by atoms with Gasteiger partial charge >= 0.3 is 0 Å². The summed E-state index contributed by atoms with van der Waals surface area (Å²) in [6.45, 7) is 0. The van der Waals surface area contributed by atoms with E-state index in [1.807, 2.05) is 0 Å². The molecule has 1 atom stereocenters. The molecule has 10 heteroatoms. The molecule has 86 valence electrons. The molecule has 0 aromatic rings. The average Bonchev–Trinajstić information content (AvgIpc) is 1.81. The van der Waals surface area contributed by atoms with E-state index < -0.39 is 3.61 Å². The number of hydrogen-bond donors (Lipinski definition) is 1. The van der Waals surface area contributed by atoms with Crippen LogP contribution in [0.15, 0.2) is 0 Å². The maximum absolute atomic E-state index is 10.6. The first kappa shape index (κ1) is 20.5. The molecular formula is C4HI9O. The van der Waals surface area contributed by atoms with E-state index in [1.165, 1.54) is 0 Å². The molecule has 0 saturated heterocycles. The SMILES string of the molecule is OC(I)(C(I)(I)I)C(I)(I)C(I)(I)I. The van der Waals surface area contributed by atoms with Crippen molar-refractivity contribution >= 4 is 203 Å². The van der Waals surface area contributed by atoms with Crippen LogP contribution in [0.2, 0.25) is 0 Å². The van der Waals surface area contributed by atoms with Crippen LogP contribution in [0.1, 0.15) is 0 Å². The predicted molar refractivity (Wildman–Crippen MR) is 139 cm³/mol. The van der Waals surface area contributed by atoms with E-state index in [9.17, 15) is 5.11 Å². The predicted octanol–water partition coefficient (Wildman–Crippen LogP) is 6.59. The molecule has 0 aliphatic rings. The van der Waals surface area contributed by atoms with E-state index in [2.05, 4.69) is 203 Å². The van der Waals surface area contributed by atoms with Gasteiger partial charge in [0.25, 0.3) is 0 Å². The van der Waals surface area contributed by atoms with Gasteiger partial charge in [0.1, 0.15) is 1.43 Å². The maximum Gasteiger partial charge on any atom is 0.174 e. The number of aliphatic hydroxyl groups is 1. The van der Waals surface area contributed by atoms with Crippen LogP contribution in [-0.2, 0) is 0 Å². The van der Waals surface area contributed by atoms with Crippen molar-refractivity contribution in [3.8, 4) is 0 Å². The van der Waals surface area contributed by atoms with Gasteiger partial charge in [-0.15, -0.1) is 0 Å². The molecular weight excluding hydrogens is 1210 g/mol. The first-order valence-corrected chi connectivity index (χ1v) is 12.4. The molecule has 0 aliphatic heterocycles. The normalized spacial score (nSPS) is 19.3. The van der Waals surface area contributed by atoms with Crippen molar-refractivity contribution in [1.29, 1.82) is 0 Å². The minimum absolute atomic E-state index is 0.0515. The summed E-state index contributed by atoms with van der Waals surface area (Å²) in [4.78, 5) is 0. The Labute approximate surface area is 206 Å². The average molecular weight is 1210 g/mol. The van der Waals surface area contributed by atoms with Crippen molar-refractivity contribution < 1.29 is 5.11 Å².